The second-order valence-corrected chi connectivity index (χ2v) is 8.27. The number of benzene rings is 2. The van der Waals surface area contributed by atoms with E-state index in [9.17, 15) is 5.11 Å². The van der Waals surface area contributed by atoms with Gasteiger partial charge in [-0.1, -0.05) is 15.9 Å². The molecule has 0 unspecified atom stereocenters. The molecule has 2 aromatic carbocycles. The third-order valence-electron chi connectivity index (χ3n) is 2.61. The van der Waals surface area contributed by atoms with Gasteiger partial charge in [0.2, 0.25) is 0 Å². The Hall–Kier alpha value is 0.0700. The van der Waals surface area contributed by atoms with Gasteiger partial charge in [0.15, 0.2) is 0 Å². The number of hydrogen-bond donors (Lipinski definition) is 1. The molecular formula is C13H6BrI2NOS. The average Bonchev–Trinajstić information content (AvgIpc) is 2.76. The summed E-state index contributed by atoms with van der Waals surface area (Å²) < 4.78 is 4.09. The van der Waals surface area contributed by atoms with Crippen molar-refractivity contribution in [1.29, 1.82) is 0 Å². The Labute approximate surface area is 149 Å². The van der Waals surface area contributed by atoms with E-state index in [0.29, 0.717) is 5.75 Å². The summed E-state index contributed by atoms with van der Waals surface area (Å²) in [4.78, 5) is 4.60. The maximum atomic E-state index is 10.2. The molecule has 6 heteroatoms. The lowest BCUT2D eigenvalue weighted by atomic mass is 10.2. The molecule has 0 aliphatic rings. The van der Waals surface area contributed by atoms with Crippen LogP contribution in [0.3, 0.4) is 0 Å². The highest BCUT2D eigenvalue weighted by atomic mass is 127. The van der Waals surface area contributed by atoms with Crippen LogP contribution < -0.4 is 0 Å². The molecule has 3 rings (SSSR count). The van der Waals surface area contributed by atoms with Crippen molar-refractivity contribution in [3.05, 3.63) is 41.9 Å². The van der Waals surface area contributed by atoms with Crippen LogP contribution in [-0.2, 0) is 0 Å². The van der Waals surface area contributed by atoms with Gasteiger partial charge in [-0.2, -0.15) is 0 Å². The molecule has 0 fully saturated rings. The Morgan fingerprint density at radius 2 is 1.95 bits per heavy atom. The first-order valence-electron chi connectivity index (χ1n) is 5.29. The summed E-state index contributed by atoms with van der Waals surface area (Å²) in [6.45, 7) is 0. The molecule has 0 amide bonds. The summed E-state index contributed by atoms with van der Waals surface area (Å²) in [6.07, 6.45) is 0. The topological polar surface area (TPSA) is 33.1 Å². The zero-order chi connectivity index (χ0) is 13.6. The second kappa shape index (κ2) is 5.45. The molecule has 0 atom stereocenters. The Morgan fingerprint density at radius 3 is 2.74 bits per heavy atom. The lowest BCUT2D eigenvalue weighted by Crippen LogP contribution is -1.84. The minimum absolute atomic E-state index is 0.305. The Balaban J connectivity index is 2.24. The van der Waals surface area contributed by atoms with E-state index in [1.165, 1.54) is 0 Å². The van der Waals surface area contributed by atoms with Crippen LogP contribution >= 0.6 is 72.4 Å². The van der Waals surface area contributed by atoms with Gasteiger partial charge in [0, 0.05) is 8.04 Å². The van der Waals surface area contributed by atoms with E-state index in [1.54, 1.807) is 11.3 Å². The SMILES string of the molecule is Oc1c(I)cc(I)cc1-c1nc2ccc(Br)cc2s1. The fourth-order valence-electron chi connectivity index (χ4n) is 1.74. The van der Waals surface area contributed by atoms with Crippen molar-refractivity contribution in [2.45, 2.75) is 0 Å². The predicted molar refractivity (Wildman–Crippen MR) is 99.9 cm³/mol. The molecule has 96 valence electrons. The predicted octanol–water partition coefficient (Wildman–Crippen LogP) is 5.64. The van der Waals surface area contributed by atoms with Gasteiger partial charge in [0.05, 0.1) is 19.4 Å². The molecule has 1 heterocycles. The summed E-state index contributed by atoms with van der Waals surface area (Å²) in [5.41, 5.74) is 1.75. The molecule has 0 saturated carbocycles. The van der Waals surface area contributed by atoms with E-state index in [2.05, 4.69) is 66.1 Å². The maximum Gasteiger partial charge on any atom is 0.139 e. The first-order valence-corrected chi connectivity index (χ1v) is 9.06. The van der Waals surface area contributed by atoms with E-state index in [0.717, 1.165) is 32.4 Å². The number of phenolic OH excluding ortho intramolecular Hbond substituents is 1. The van der Waals surface area contributed by atoms with Gasteiger partial charge in [-0.3, -0.25) is 0 Å². The van der Waals surface area contributed by atoms with Crippen molar-refractivity contribution in [3.63, 3.8) is 0 Å². The smallest absolute Gasteiger partial charge is 0.139 e. The van der Waals surface area contributed by atoms with Gasteiger partial charge in [-0.05, 0) is 75.5 Å². The Kier molecular flexibility index (Phi) is 4.03. The largest absolute Gasteiger partial charge is 0.506 e. The molecule has 0 aliphatic heterocycles. The van der Waals surface area contributed by atoms with Crippen LogP contribution in [0.25, 0.3) is 20.8 Å². The average molecular weight is 558 g/mol. The fourth-order valence-corrected chi connectivity index (χ4v) is 5.12. The normalized spacial score (nSPS) is 11.1. The first kappa shape index (κ1) is 14.0. The molecule has 1 N–H and O–H groups in total. The van der Waals surface area contributed by atoms with Crippen LogP contribution in [0.1, 0.15) is 0 Å². The van der Waals surface area contributed by atoms with Crippen LogP contribution in [0.2, 0.25) is 0 Å². The molecule has 1 aromatic heterocycles. The molecule has 0 spiro atoms. The number of rotatable bonds is 1. The zero-order valence-electron chi connectivity index (χ0n) is 9.32. The third kappa shape index (κ3) is 2.77. The van der Waals surface area contributed by atoms with Crippen LogP contribution in [0.4, 0.5) is 0 Å². The monoisotopic (exact) mass is 557 g/mol. The van der Waals surface area contributed by atoms with Crippen molar-refractivity contribution < 1.29 is 5.11 Å². The number of aromatic nitrogens is 1. The molecular weight excluding hydrogens is 552 g/mol. The number of nitrogens with zero attached hydrogens (tertiary/aromatic N) is 1. The summed E-state index contributed by atoms with van der Waals surface area (Å²) in [7, 11) is 0. The van der Waals surface area contributed by atoms with Gasteiger partial charge in [-0.15, -0.1) is 11.3 Å². The molecule has 0 bridgehead atoms. The van der Waals surface area contributed by atoms with Crippen LogP contribution in [0.5, 0.6) is 5.75 Å². The number of phenols is 1. The highest BCUT2D eigenvalue weighted by molar-refractivity contribution is 14.1. The number of halogens is 3. The number of aromatic hydroxyl groups is 1. The first-order chi connectivity index (χ1) is 9.04. The van der Waals surface area contributed by atoms with Crippen molar-refractivity contribution in [2.75, 3.05) is 0 Å². The lowest BCUT2D eigenvalue weighted by molar-refractivity contribution is 0.473. The van der Waals surface area contributed by atoms with E-state index in [-0.39, 0.29) is 0 Å². The number of fused-ring (bicyclic) bond motifs is 1. The summed E-state index contributed by atoms with van der Waals surface area (Å²) >= 11 is 9.44. The quantitative estimate of drug-likeness (QED) is 0.393. The molecule has 3 aromatic rings. The van der Waals surface area contributed by atoms with E-state index in [4.69, 9.17) is 0 Å². The summed E-state index contributed by atoms with van der Waals surface area (Å²) in [5, 5.41) is 11.1. The van der Waals surface area contributed by atoms with Crippen LogP contribution in [-0.4, -0.2) is 10.1 Å². The summed E-state index contributed by atoms with van der Waals surface area (Å²) in [5.74, 6) is 0.305. The molecule has 0 saturated heterocycles. The van der Waals surface area contributed by atoms with Crippen molar-refractivity contribution in [2.24, 2.45) is 0 Å². The van der Waals surface area contributed by atoms with Gasteiger partial charge < -0.3 is 5.11 Å². The van der Waals surface area contributed by atoms with E-state index >= 15 is 0 Å². The molecule has 19 heavy (non-hydrogen) atoms. The van der Waals surface area contributed by atoms with Gasteiger partial charge in [0.25, 0.3) is 0 Å². The standard InChI is InChI=1S/C13H6BrI2NOS/c14-6-1-2-10-11(3-6)19-13(17-10)8-4-7(15)5-9(16)12(8)18/h1-5,18H. The maximum absolute atomic E-state index is 10.2. The van der Waals surface area contributed by atoms with Gasteiger partial charge in [0.1, 0.15) is 10.8 Å². The van der Waals surface area contributed by atoms with Gasteiger partial charge in [-0.25, -0.2) is 4.98 Å². The minimum Gasteiger partial charge on any atom is -0.506 e. The highest BCUT2D eigenvalue weighted by Gasteiger charge is 2.13. The number of thiazole rings is 1. The Bertz CT molecular complexity index is 788. The lowest BCUT2D eigenvalue weighted by Gasteiger charge is -2.04. The van der Waals surface area contributed by atoms with Crippen molar-refractivity contribution >= 4 is 82.7 Å². The van der Waals surface area contributed by atoms with Crippen molar-refractivity contribution in [1.82, 2.24) is 4.98 Å². The minimum atomic E-state index is 0.305. The van der Waals surface area contributed by atoms with E-state index < -0.39 is 0 Å². The zero-order valence-corrected chi connectivity index (χ0v) is 16.0. The molecule has 0 aliphatic carbocycles. The van der Waals surface area contributed by atoms with Crippen LogP contribution in [0, 0.1) is 7.14 Å². The number of hydrogen-bond acceptors (Lipinski definition) is 3. The second-order valence-electron chi connectivity index (χ2n) is 3.91. The van der Waals surface area contributed by atoms with Crippen LogP contribution in [0.15, 0.2) is 34.8 Å². The highest BCUT2D eigenvalue weighted by Crippen LogP contribution is 2.39. The fraction of sp³-hybridized carbons (Fsp3) is 0. The molecule has 0 radical (unpaired) electrons. The van der Waals surface area contributed by atoms with Crippen molar-refractivity contribution in [3.8, 4) is 16.3 Å². The third-order valence-corrected chi connectivity index (χ3v) is 5.60. The Morgan fingerprint density at radius 1 is 1.16 bits per heavy atom. The summed E-state index contributed by atoms with van der Waals surface area (Å²) in [6, 6.07) is 9.92. The van der Waals surface area contributed by atoms with Gasteiger partial charge >= 0.3 is 0 Å². The van der Waals surface area contributed by atoms with E-state index in [1.807, 2.05) is 30.3 Å². The molecule has 2 nitrogen and oxygen atoms in total.